The second-order valence-corrected chi connectivity index (χ2v) is 8.49. The van der Waals surface area contributed by atoms with Crippen molar-refractivity contribution in [1.82, 2.24) is 10.4 Å². The number of aliphatic hydroxyl groups is 1. The van der Waals surface area contributed by atoms with Crippen LogP contribution >= 0.6 is 0 Å². The SMILES string of the molecule is C=CCNC(=O)[C@@H]1[C@@H]2C(O)[C@@H]3O[C@H]3C[C@]2(C(N)=O)ON1Cc1cccc(C#CC(=C)C)c1. The molecule has 0 spiro atoms. The number of benzene rings is 1. The summed E-state index contributed by atoms with van der Waals surface area (Å²) in [6, 6.07) is 6.55. The molecular formula is C24H27N3O5. The van der Waals surface area contributed by atoms with Gasteiger partial charge in [0.2, 0.25) is 5.91 Å². The van der Waals surface area contributed by atoms with Crippen LogP contribution < -0.4 is 11.1 Å². The Morgan fingerprint density at radius 1 is 1.47 bits per heavy atom. The molecule has 2 aliphatic heterocycles. The van der Waals surface area contributed by atoms with Crippen molar-refractivity contribution >= 4 is 11.8 Å². The number of amides is 2. The predicted molar refractivity (Wildman–Crippen MR) is 116 cm³/mol. The monoisotopic (exact) mass is 437 g/mol. The molecule has 4 rings (SSSR count). The van der Waals surface area contributed by atoms with Crippen molar-refractivity contribution in [1.29, 1.82) is 0 Å². The molecular weight excluding hydrogens is 410 g/mol. The summed E-state index contributed by atoms with van der Waals surface area (Å²) in [7, 11) is 0. The first-order valence-corrected chi connectivity index (χ1v) is 10.5. The highest BCUT2D eigenvalue weighted by atomic mass is 16.7. The first-order chi connectivity index (χ1) is 15.3. The average Bonchev–Trinajstić information content (AvgIpc) is 3.44. The molecule has 32 heavy (non-hydrogen) atoms. The smallest absolute Gasteiger partial charge is 0.252 e. The average molecular weight is 437 g/mol. The van der Waals surface area contributed by atoms with E-state index in [1.807, 2.05) is 31.2 Å². The van der Waals surface area contributed by atoms with Gasteiger partial charge in [-0.05, 0) is 30.2 Å². The van der Waals surface area contributed by atoms with Crippen LogP contribution in [0.1, 0.15) is 24.5 Å². The van der Waals surface area contributed by atoms with Gasteiger partial charge < -0.3 is 20.9 Å². The van der Waals surface area contributed by atoms with Gasteiger partial charge in [-0.3, -0.25) is 14.4 Å². The normalized spacial score (nSPS) is 32.6. The van der Waals surface area contributed by atoms with Crippen molar-refractivity contribution in [2.45, 2.75) is 49.8 Å². The van der Waals surface area contributed by atoms with Crippen molar-refractivity contribution in [3.63, 3.8) is 0 Å². The molecule has 1 unspecified atom stereocenters. The van der Waals surface area contributed by atoms with Gasteiger partial charge in [0.1, 0.15) is 12.1 Å². The number of hydrogen-bond acceptors (Lipinski definition) is 6. The van der Waals surface area contributed by atoms with Crippen LogP contribution in [-0.4, -0.2) is 58.5 Å². The van der Waals surface area contributed by atoms with Crippen molar-refractivity contribution in [3.05, 3.63) is 60.2 Å². The van der Waals surface area contributed by atoms with Crippen LogP contribution in [0.3, 0.4) is 0 Å². The summed E-state index contributed by atoms with van der Waals surface area (Å²) in [6.45, 7) is 9.66. The van der Waals surface area contributed by atoms with Gasteiger partial charge >= 0.3 is 0 Å². The van der Waals surface area contributed by atoms with Gasteiger partial charge in [0.05, 0.1) is 24.7 Å². The van der Waals surface area contributed by atoms with E-state index in [1.165, 1.54) is 5.06 Å². The lowest BCUT2D eigenvalue weighted by Crippen LogP contribution is -2.60. The second-order valence-electron chi connectivity index (χ2n) is 8.49. The number of nitrogens with two attached hydrogens (primary N) is 1. The largest absolute Gasteiger partial charge is 0.390 e. The van der Waals surface area contributed by atoms with E-state index in [9.17, 15) is 14.7 Å². The molecule has 1 aromatic carbocycles. The molecule has 0 aromatic heterocycles. The summed E-state index contributed by atoms with van der Waals surface area (Å²) in [5.74, 6) is 4.01. The van der Waals surface area contributed by atoms with Crippen LogP contribution in [0, 0.1) is 17.8 Å². The highest BCUT2D eigenvalue weighted by molar-refractivity contribution is 5.89. The molecule has 2 amide bonds. The summed E-state index contributed by atoms with van der Waals surface area (Å²) in [5.41, 5.74) is 6.60. The minimum atomic E-state index is -1.52. The third kappa shape index (κ3) is 3.96. The van der Waals surface area contributed by atoms with Gasteiger partial charge in [0.25, 0.3) is 5.91 Å². The lowest BCUT2D eigenvalue weighted by atomic mass is 9.70. The quantitative estimate of drug-likeness (QED) is 0.337. The van der Waals surface area contributed by atoms with Gasteiger partial charge in [-0.1, -0.05) is 36.6 Å². The van der Waals surface area contributed by atoms with Gasteiger partial charge in [0.15, 0.2) is 5.60 Å². The molecule has 8 nitrogen and oxygen atoms in total. The number of epoxide rings is 1. The molecule has 1 saturated carbocycles. The summed E-state index contributed by atoms with van der Waals surface area (Å²) < 4.78 is 5.50. The Morgan fingerprint density at radius 3 is 2.94 bits per heavy atom. The maximum absolute atomic E-state index is 13.1. The Kier molecular flexibility index (Phi) is 5.93. The van der Waals surface area contributed by atoms with E-state index < -0.39 is 35.7 Å². The van der Waals surface area contributed by atoms with E-state index in [2.05, 4.69) is 30.3 Å². The number of carbonyl (C=O) groups is 2. The fraction of sp³-hybridized carbons (Fsp3) is 0.417. The standard InChI is InChI=1S/C24H27N3O5/c1-4-10-26-22(29)19-18-20(28)21-17(31-21)12-24(18,23(25)30)32-27(19)13-16-7-5-6-15(11-16)9-8-14(2)3/h4-7,11,17-21,28H,1-2,10,12-13H2,3H3,(H2,25,30)(H,26,29)/t17-,18+,19-,20?,21+,24-/m0/s1. The van der Waals surface area contributed by atoms with E-state index >= 15 is 0 Å². The van der Waals surface area contributed by atoms with E-state index in [0.29, 0.717) is 0 Å². The van der Waals surface area contributed by atoms with E-state index in [0.717, 1.165) is 16.7 Å². The minimum Gasteiger partial charge on any atom is -0.390 e. The van der Waals surface area contributed by atoms with E-state index in [1.54, 1.807) is 6.08 Å². The lowest BCUT2D eigenvalue weighted by molar-refractivity contribution is -0.217. The van der Waals surface area contributed by atoms with Crippen LogP contribution in [0.25, 0.3) is 0 Å². The third-order valence-electron chi connectivity index (χ3n) is 6.09. The van der Waals surface area contributed by atoms with Crippen LogP contribution in [-0.2, 0) is 25.7 Å². The number of nitrogens with zero attached hydrogens (tertiary/aromatic N) is 1. The molecule has 2 saturated heterocycles. The lowest BCUT2D eigenvalue weighted by Gasteiger charge is -2.35. The zero-order valence-corrected chi connectivity index (χ0v) is 17.9. The minimum absolute atomic E-state index is 0.195. The molecule has 0 radical (unpaired) electrons. The summed E-state index contributed by atoms with van der Waals surface area (Å²) in [4.78, 5) is 31.8. The zero-order chi connectivity index (χ0) is 23.0. The summed E-state index contributed by atoms with van der Waals surface area (Å²) in [5, 5.41) is 15.1. The Bertz CT molecular complexity index is 1030. The van der Waals surface area contributed by atoms with Crippen molar-refractivity contribution in [3.8, 4) is 11.8 Å². The molecule has 4 N–H and O–H groups in total. The zero-order valence-electron chi connectivity index (χ0n) is 17.9. The molecule has 8 heteroatoms. The van der Waals surface area contributed by atoms with Crippen molar-refractivity contribution < 1.29 is 24.3 Å². The maximum Gasteiger partial charge on any atom is 0.252 e. The molecule has 1 aliphatic carbocycles. The maximum atomic E-state index is 13.1. The number of nitrogens with one attached hydrogen (secondary N) is 1. The van der Waals surface area contributed by atoms with E-state index in [4.69, 9.17) is 15.3 Å². The number of hydroxylamine groups is 2. The number of rotatable bonds is 6. The van der Waals surface area contributed by atoms with Crippen molar-refractivity contribution in [2.24, 2.45) is 11.7 Å². The molecule has 3 aliphatic rings. The predicted octanol–water partition coefficient (Wildman–Crippen LogP) is 0.405. The summed E-state index contributed by atoms with van der Waals surface area (Å²) >= 11 is 0. The third-order valence-corrected chi connectivity index (χ3v) is 6.09. The first kappa shape index (κ1) is 22.2. The van der Waals surface area contributed by atoms with Crippen LogP contribution in [0.4, 0.5) is 0 Å². The van der Waals surface area contributed by atoms with Crippen LogP contribution in [0.15, 0.2) is 49.1 Å². The molecule has 6 atom stereocenters. The first-order valence-electron chi connectivity index (χ1n) is 10.5. The number of primary amides is 1. The number of ether oxygens (including phenoxy) is 1. The van der Waals surface area contributed by atoms with Gasteiger partial charge in [0, 0.05) is 18.5 Å². The molecule has 1 aromatic rings. The van der Waals surface area contributed by atoms with Gasteiger partial charge in [-0.15, -0.1) is 6.58 Å². The second kappa shape index (κ2) is 8.52. The fourth-order valence-electron chi connectivity index (χ4n) is 4.64. The number of allylic oxidation sites excluding steroid dienone is 1. The number of fused-ring (bicyclic) bond motifs is 2. The highest BCUT2D eigenvalue weighted by Crippen LogP contribution is 2.53. The Morgan fingerprint density at radius 2 is 2.25 bits per heavy atom. The number of carbonyl (C=O) groups excluding carboxylic acids is 2. The highest BCUT2D eigenvalue weighted by Gasteiger charge is 2.72. The van der Waals surface area contributed by atoms with Gasteiger partial charge in [-0.2, -0.15) is 5.06 Å². The molecule has 3 fully saturated rings. The Balaban J connectivity index is 1.67. The summed E-state index contributed by atoms with van der Waals surface area (Å²) in [6.07, 6.45) is -0.0441. The topological polar surface area (TPSA) is 117 Å². The Hall–Kier alpha value is -2.96. The van der Waals surface area contributed by atoms with E-state index in [-0.39, 0.29) is 31.5 Å². The fourth-order valence-corrected chi connectivity index (χ4v) is 4.64. The molecule has 2 heterocycles. The van der Waals surface area contributed by atoms with Gasteiger partial charge in [-0.25, -0.2) is 0 Å². The van der Waals surface area contributed by atoms with Crippen LogP contribution in [0.2, 0.25) is 0 Å². The number of hydrogen-bond donors (Lipinski definition) is 3. The van der Waals surface area contributed by atoms with Crippen LogP contribution in [0.5, 0.6) is 0 Å². The number of aliphatic hydroxyl groups excluding tert-OH is 1. The molecule has 168 valence electrons. The Labute approximate surface area is 187 Å². The van der Waals surface area contributed by atoms with Crippen molar-refractivity contribution in [2.75, 3.05) is 6.54 Å². The molecule has 0 bridgehead atoms.